The lowest BCUT2D eigenvalue weighted by molar-refractivity contribution is 0.210. The fraction of sp³-hybridized carbons (Fsp3) is 0.455. The van der Waals surface area contributed by atoms with Gasteiger partial charge in [-0.3, -0.25) is 0 Å². The first-order valence-corrected chi connectivity index (χ1v) is 6.04. The molecule has 14 heavy (non-hydrogen) atoms. The Morgan fingerprint density at radius 3 is 2.71 bits per heavy atom. The summed E-state index contributed by atoms with van der Waals surface area (Å²) in [6, 6.07) is 5.71. The Balaban J connectivity index is 2.10. The highest BCUT2D eigenvalue weighted by atomic mass is 79.9. The lowest BCUT2D eigenvalue weighted by Crippen LogP contribution is -2.10. The van der Waals surface area contributed by atoms with Crippen LogP contribution in [0.5, 0.6) is 5.75 Å². The van der Waals surface area contributed by atoms with Gasteiger partial charge in [0.15, 0.2) is 0 Å². The van der Waals surface area contributed by atoms with E-state index in [9.17, 15) is 0 Å². The molecule has 1 saturated carbocycles. The summed E-state index contributed by atoms with van der Waals surface area (Å²) in [4.78, 5) is 0. The zero-order chi connectivity index (χ0) is 9.97. The molecule has 0 N–H and O–H groups in total. The lowest BCUT2D eigenvalue weighted by Gasteiger charge is -2.14. The molecule has 1 aliphatic carbocycles. The highest BCUT2D eigenvalue weighted by Crippen LogP contribution is 2.31. The van der Waals surface area contributed by atoms with Gasteiger partial charge in [0.05, 0.1) is 11.1 Å². The summed E-state index contributed by atoms with van der Waals surface area (Å²) < 4.78 is 6.83. The van der Waals surface area contributed by atoms with Crippen LogP contribution in [0.4, 0.5) is 0 Å². The van der Waals surface area contributed by atoms with Gasteiger partial charge in [-0.1, -0.05) is 27.5 Å². The van der Waals surface area contributed by atoms with Crippen molar-refractivity contribution < 1.29 is 4.74 Å². The minimum atomic E-state index is 0.363. The molecule has 1 fully saturated rings. The van der Waals surface area contributed by atoms with E-state index in [2.05, 4.69) is 15.9 Å². The predicted octanol–water partition coefficient (Wildman–Crippen LogP) is 4.42. The van der Waals surface area contributed by atoms with Crippen molar-refractivity contribution in [2.75, 3.05) is 0 Å². The van der Waals surface area contributed by atoms with Gasteiger partial charge < -0.3 is 4.74 Å². The van der Waals surface area contributed by atoms with Gasteiger partial charge in [-0.15, -0.1) is 0 Å². The van der Waals surface area contributed by atoms with Crippen molar-refractivity contribution in [3.63, 3.8) is 0 Å². The third kappa shape index (κ3) is 2.43. The van der Waals surface area contributed by atoms with Gasteiger partial charge in [0, 0.05) is 4.47 Å². The third-order valence-corrected chi connectivity index (χ3v) is 3.29. The molecule has 0 aliphatic heterocycles. The first kappa shape index (κ1) is 10.3. The number of rotatable bonds is 2. The molecule has 1 aliphatic rings. The predicted molar refractivity (Wildman–Crippen MR) is 62.0 cm³/mol. The normalized spacial score (nSPS) is 17.3. The molecule has 0 aromatic heterocycles. The van der Waals surface area contributed by atoms with Crippen molar-refractivity contribution in [2.24, 2.45) is 0 Å². The summed E-state index contributed by atoms with van der Waals surface area (Å²) >= 11 is 9.44. The summed E-state index contributed by atoms with van der Waals surface area (Å²) in [6.07, 6.45) is 5.22. The molecule has 1 nitrogen and oxygen atoms in total. The van der Waals surface area contributed by atoms with Crippen LogP contribution in [0.15, 0.2) is 22.7 Å². The molecule has 0 bridgehead atoms. The molecule has 0 radical (unpaired) electrons. The van der Waals surface area contributed by atoms with Crippen LogP contribution in [0, 0.1) is 0 Å². The summed E-state index contributed by atoms with van der Waals surface area (Å²) in [5.74, 6) is 0.799. The van der Waals surface area contributed by atoms with E-state index in [0.29, 0.717) is 11.1 Å². The SMILES string of the molecule is Clc1ccc(Br)cc1OC1CCCC1. The van der Waals surface area contributed by atoms with Crippen LogP contribution in [0.1, 0.15) is 25.7 Å². The second kappa shape index (κ2) is 4.54. The van der Waals surface area contributed by atoms with E-state index in [1.54, 1.807) is 0 Å². The maximum absolute atomic E-state index is 6.03. The molecular weight excluding hydrogens is 263 g/mol. The van der Waals surface area contributed by atoms with E-state index < -0.39 is 0 Å². The Morgan fingerprint density at radius 2 is 2.00 bits per heavy atom. The highest BCUT2D eigenvalue weighted by molar-refractivity contribution is 9.10. The van der Waals surface area contributed by atoms with Crippen LogP contribution in [0.3, 0.4) is 0 Å². The van der Waals surface area contributed by atoms with Gasteiger partial charge >= 0.3 is 0 Å². The molecule has 0 amide bonds. The first-order valence-electron chi connectivity index (χ1n) is 4.87. The highest BCUT2D eigenvalue weighted by Gasteiger charge is 2.17. The first-order chi connectivity index (χ1) is 6.75. The zero-order valence-electron chi connectivity index (χ0n) is 7.80. The average molecular weight is 276 g/mol. The standard InChI is InChI=1S/C11H12BrClO/c12-8-5-6-10(13)11(7-8)14-9-3-1-2-4-9/h5-7,9H,1-4H2. The molecule has 0 atom stereocenters. The number of hydrogen-bond acceptors (Lipinski definition) is 1. The average Bonchev–Trinajstić information content (AvgIpc) is 2.64. The molecular formula is C11H12BrClO. The van der Waals surface area contributed by atoms with E-state index in [1.807, 2.05) is 18.2 Å². The van der Waals surface area contributed by atoms with Crippen LogP contribution in [-0.4, -0.2) is 6.10 Å². The van der Waals surface area contributed by atoms with Gasteiger partial charge in [-0.2, -0.15) is 0 Å². The van der Waals surface area contributed by atoms with Gasteiger partial charge in [0.25, 0.3) is 0 Å². The Labute approximate surface area is 97.5 Å². The van der Waals surface area contributed by atoms with Gasteiger partial charge in [0.1, 0.15) is 5.75 Å². The van der Waals surface area contributed by atoms with E-state index in [-0.39, 0.29) is 0 Å². The Bertz CT molecular complexity index is 321. The Hall–Kier alpha value is -0.210. The van der Waals surface area contributed by atoms with E-state index >= 15 is 0 Å². The van der Waals surface area contributed by atoms with E-state index in [1.165, 1.54) is 12.8 Å². The largest absolute Gasteiger partial charge is 0.489 e. The lowest BCUT2D eigenvalue weighted by atomic mass is 10.3. The van der Waals surface area contributed by atoms with E-state index in [4.69, 9.17) is 16.3 Å². The second-order valence-electron chi connectivity index (χ2n) is 3.60. The van der Waals surface area contributed by atoms with Crippen LogP contribution >= 0.6 is 27.5 Å². The quantitative estimate of drug-likeness (QED) is 0.776. The molecule has 3 heteroatoms. The zero-order valence-corrected chi connectivity index (χ0v) is 10.1. The smallest absolute Gasteiger partial charge is 0.139 e. The molecule has 0 saturated heterocycles. The van der Waals surface area contributed by atoms with Gasteiger partial charge in [0.2, 0.25) is 0 Å². The maximum Gasteiger partial charge on any atom is 0.139 e. The molecule has 2 rings (SSSR count). The topological polar surface area (TPSA) is 9.23 Å². The summed E-state index contributed by atoms with van der Waals surface area (Å²) in [5, 5.41) is 0.695. The summed E-state index contributed by atoms with van der Waals surface area (Å²) in [5.41, 5.74) is 0. The fourth-order valence-corrected chi connectivity index (χ4v) is 2.26. The molecule has 76 valence electrons. The number of hydrogen-bond donors (Lipinski definition) is 0. The molecule has 1 aromatic carbocycles. The molecule has 0 heterocycles. The third-order valence-electron chi connectivity index (χ3n) is 2.49. The molecule has 0 unspecified atom stereocenters. The van der Waals surface area contributed by atoms with Crippen molar-refractivity contribution in [2.45, 2.75) is 31.8 Å². The number of ether oxygens (including phenoxy) is 1. The van der Waals surface area contributed by atoms with Crippen LogP contribution in [0.25, 0.3) is 0 Å². The van der Waals surface area contributed by atoms with Crippen LogP contribution in [0.2, 0.25) is 5.02 Å². The molecule has 0 spiro atoms. The number of halogens is 2. The maximum atomic E-state index is 6.03. The summed E-state index contributed by atoms with van der Waals surface area (Å²) in [7, 11) is 0. The monoisotopic (exact) mass is 274 g/mol. The fourth-order valence-electron chi connectivity index (χ4n) is 1.75. The molecule has 1 aromatic rings. The van der Waals surface area contributed by atoms with Crippen molar-refractivity contribution in [3.8, 4) is 5.75 Å². The van der Waals surface area contributed by atoms with Gasteiger partial charge in [-0.05, 0) is 43.9 Å². The van der Waals surface area contributed by atoms with Crippen molar-refractivity contribution in [1.29, 1.82) is 0 Å². The Morgan fingerprint density at radius 1 is 1.29 bits per heavy atom. The summed E-state index contributed by atoms with van der Waals surface area (Å²) in [6.45, 7) is 0. The number of benzene rings is 1. The van der Waals surface area contributed by atoms with Gasteiger partial charge in [-0.25, -0.2) is 0 Å². The van der Waals surface area contributed by atoms with Crippen molar-refractivity contribution >= 4 is 27.5 Å². The van der Waals surface area contributed by atoms with E-state index in [0.717, 1.165) is 23.1 Å². The minimum Gasteiger partial charge on any atom is -0.489 e. The minimum absolute atomic E-state index is 0.363. The van der Waals surface area contributed by atoms with Crippen molar-refractivity contribution in [3.05, 3.63) is 27.7 Å². The second-order valence-corrected chi connectivity index (χ2v) is 4.92. The Kier molecular flexibility index (Phi) is 3.34. The van der Waals surface area contributed by atoms with Crippen LogP contribution < -0.4 is 4.74 Å². The van der Waals surface area contributed by atoms with Crippen LogP contribution in [-0.2, 0) is 0 Å². The van der Waals surface area contributed by atoms with Crippen molar-refractivity contribution in [1.82, 2.24) is 0 Å².